The zero-order valence-electron chi connectivity index (χ0n) is 9.59. The van der Waals surface area contributed by atoms with E-state index in [1.54, 1.807) is 6.08 Å². The van der Waals surface area contributed by atoms with Crippen LogP contribution in [0, 0.1) is 0 Å². The number of sulfonamides is 1. The third kappa shape index (κ3) is 2.44. The summed E-state index contributed by atoms with van der Waals surface area (Å²) in [5, 5.41) is 3.25. The summed E-state index contributed by atoms with van der Waals surface area (Å²) in [5.41, 5.74) is 1.56. The predicted molar refractivity (Wildman–Crippen MR) is 70.9 cm³/mol. The van der Waals surface area contributed by atoms with E-state index in [9.17, 15) is 8.42 Å². The average Bonchev–Trinajstić information content (AvgIpc) is 2.31. The Balaban J connectivity index is 2.52. The number of nitrogens with zero attached hydrogens (tertiary/aromatic N) is 1. The molecule has 0 unspecified atom stereocenters. The molecule has 0 amide bonds. The molecule has 1 N–H and O–H groups in total. The fraction of sp³-hybridized carbons (Fsp3) is 0.333. The fourth-order valence-electron chi connectivity index (χ4n) is 1.91. The lowest BCUT2D eigenvalue weighted by molar-refractivity contribution is 0.590. The Hall–Kier alpha value is -1.49. The van der Waals surface area contributed by atoms with Gasteiger partial charge in [0.2, 0.25) is 10.0 Å². The molecule has 0 aromatic heterocycles. The molecule has 0 aliphatic carbocycles. The van der Waals surface area contributed by atoms with Gasteiger partial charge in [-0.15, -0.1) is 6.58 Å². The van der Waals surface area contributed by atoms with Gasteiger partial charge in [0.25, 0.3) is 0 Å². The highest BCUT2D eigenvalue weighted by Gasteiger charge is 2.24. The normalized spacial score (nSPS) is 18.5. The van der Waals surface area contributed by atoms with Crippen LogP contribution in [0.5, 0.6) is 0 Å². The minimum absolute atomic E-state index is 0.169. The van der Waals surface area contributed by atoms with Gasteiger partial charge in [-0.05, 0) is 18.6 Å². The Morgan fingerprint density at radius 2 is 2.18 bits per heavy atom. The van der Waals surface area contributed by atoms with Crippen molar-refractivity contribution < 1.29 is 8.42 Å². The molecule has 0 saturated heterocycles. The van der Waals surface area contributed by atoms with E-state index < -0.39 is 10.0 Å². The smallest absolute Gasteiger partial charge is 0.235 e. The topological polar surface area (TPSA) is 49.4 Å². The standard InChI is InChI=1S/C12H16N2O2S/c1-2-9-14-12-7-4-3-6-11(12)13-8-5-10-17(14,15)16/h2-4,6-7,13H,1,5,8-10H2. The summed E-state index contributed by atoms with van der Waals surface area (Å²) in [5.74, 6) is 0.169. The quantitative estimate of drug-likeness (QED) is 0.817. The molecule has 0 spiro atoms. The number of nitrogens with one attached hydrogen (secondary N) is 1. The largest absolute Gasteiger partial charge is 0.383 e. The Labute approximate surface area is 102 Å². The molecule has 1 aliphatic rings. The van der Waals surface area contributed by atoms with Crippen molar-refractivity contribution in [2.24, 2.45) is 0 Å². The van der Waals surface area contributed by atoms with Crippen molar-refractivity contribution in [1.29, 1.82) is 0 Å². The number of hydrogen-bond donors (Lipinski definition) is 1. The molecular weight excluding hydrogens is 236 g/mol. The number of fused-ring (bicyclic) bond motifs is 1. The number of hydrogen-bond acceptors (Lipinski definition) is 3. The summed E-state index contributed by atoms with van der Waals surface area (Å²) in [6.07, 6.45) is 2.22. The van der Waals surface area contributed by atoms with Crippen molar-refractivity contribution in [2.75, 3.05) is 28.5 Å². The maximum Gasteiger partial charge on any atom is 0.235 e. The second kappa shape index (κ2) is 4.79. The second-order valence-electron chi connectivity index (χ2n) is 3.93. The molecule has 2 rings (SSSR count). The summed E-state index contributed by atoms with van der Waals surface area (Å²) in [6.45, 7) is 4.61. The average molecular weight is 252 g/mol. The Morgan fingerprint density at radius 1 is 1.41 bits per heavy atom. The summed E-state index contributed by atoms with van der Waals surface area (Å²) in [6, 6.07) is 7.45. The number of benzene rings is 1. The number of anilines is 2. The van der Waals surface area contributed by atoms with Crippen molar-refractivity contribution in [1.82, 2.24) is 0 Å². The first-order chi connectivity index (χ1) is 8.15. The molecule has 17 heavy (non-hydrogen) atoms. The van der Waals surface area contributed by atoms with E-state index in [4.69, 9.17) is 0 Å². The lowest BCUT2D eigenvalue weighted by Gasteiger charge is -2.28. The number of rotatable bonds is 2. The van der Waals surface area contributed by atoms with Crippen LogP contribution in [0.1, 0.15) is 6.42 Å². The van der Waals surface area contributed by atoms with Crippen LogP contribution >= 0.6 is 0 Å². The maximum atomic E-state index is 12.2. The minimum atomic E-state index is -3.24. The van der Waals surface area contributed by atoms with Gasteiger partial charge in [0.1, 0.15) is 0 Å². The van der Waals surface area contributed by atoms with Gasteiger partial charge in [-0.25, -0.2) is 8.42 Å². The summed E-state index contributed by atoms with van der Waals surface area (Å²) in [7, 11) is -3.24. The van der Waals surface area contributed by atoms with E-state index in [1.807, 2.05) is 24.3 Å². The molecule has 5 heteroatoms. The minimum Gasteiger partial charge on any atom is -0.383 e. The van der Waals surface area contributed by atoms with Gasteiger partial charge in [0.15, 0.2) is 0 Å². The van der Waals surface area contributed by atoms with Crippen molar-refractivity contribution in [3.05, 3.63) is 36.9 Å². The molecule has 0 radical (unpaired) electrons. The molecule has 0 bridgehead atoms. The molecule has 1 aromatic carbocycles. The van der Waals surface area contributed by atoms with Crippen molar-refractivity contribution in [3.8, 4) is 0 Å². The first-order valence-corrected chi connectivity index (χ1v) is 7.20. The molecule has 0 atom stereocenters. The van der Waals surface area contributed by atoms with E-state index in [-0.39, 0.29) is 5.75 Å². The van der Waals surface area contributed by atoms with E-state index in [0.717, 1.165) is 5.69 Å². The van der Waals surface area contributed by atoms with Gasteiger partial charge < -0.3 is 5.32 Å². The van der Waals surface area contributed by atoms with E-state index >= 15 is 0 Å². The van der Waals surface area contributed by atoms with Crippen LogP contribution in [0.3, 0.4) is 0 Å². The van der Waals surface area contributed by atoms with Crippen LogP contribution in [0.15, 0.2) is 36.9 Å². The Bertz CT molecular complexity index is 511. The molecule has 92 valence electrons. The van der Waals surface area contributed by atoms with Crippen LogP contribution < -0.4 is 9.62 Å². The van der Waals surface area contributed by atoms with Gasteiger partial charge in [0.05, 0.1) is 23.7 Å². The molecule has 0 saturated carbocycles. The highest BCUT2D eigenvalue weighted by molar-refractivity contribution is 7.92. The van der Waals surface area contributed by atoms with Crippen molar-refractivity contribution in [2.45, 2.75) is 6.42 Å². The SMILES string of the molecule is C=CCN1c2ccccc2NCCCS1(=O)=O. The van der Waals surface area contributed by atoms with Crippen LogP contribution in [0.25, 0.3) is 0 Å². The summed E-state index contributed by atoms with van der Waals surface area (Å²) >= 11 is 0. The third-order valence-electron chi connectivity index (χ3n) is 2.70. The first kappa shape index (κ1) is 12.0. The second-order valence-corrected chi connectivity index (χ2v) is 5.95. The maximum absolute atomic E-state index is 12.2. The first-order valence-electron chi connectivity index (χ1n) is 5.59. The van der Waals surface area contributed by atoms with Gasteiger partial charge >= 0.3 is 0 Å². The molecule has 1 heterocycles. The molecule has 4 nitrogen and oxygen atoms in total. The lowest BCUT2D eigenvalue weighted by atomic mass is 10.2. The van der Waals surface area contributed by atoms with Crippen molar-refractivity contribution >= 4 is 21.4 Å². The van der Waals surface area contributed by atoms with Crippen LogP contribution in [-0.4, -0.2) is 27.3 Å². The van der Waals surface area contributed by atoms with Crippen molar-refractivity contribution in [3.63, 3.8) is 0 Å². The van der Waals surface area contributed by atoms with E-state index in [2.05, 4.69) is 11.9 Å². The number of para-hydroxylation sites is 2. The molecule has 1 aliphatic heterocycles. The summed E-state index contributed by atoms with van der Waals surface area (Å²) < 4.78 is 25.7. The van der Waals surface area contributed by atoms with Crippen LogP contribution in [0.4, 0.5) is 11.4 Å². The molecule has 0 fully saturated rings. The monoisotopic (exact) mass is 252 g/mol. The lowest BCUT2D eigenvalue weighted by Crippen LogP contribution is -2.35. The zero-order valence-corrected chi connectivity index (χ0v) is 10.4. The van der Waals surface area contributed by atoms with Gasteiger partial charge in [0, 0.05) is 6.54 Å². The van der Waals surface area contributed by atoms with Gasteiger partial charge in [-0.3, -0.25) is 4.31 Å². The molecular formula is C12H16N2O2S. The van der Waals surface area contributed by atoms with Gasteiger partial charge in [-0.2, -0.15) is 0 Å². The van der Waals surface area contributed by atoms with Gasteiger partial charge in [-0.1, -0.05) is 18.2 Å². The Morgan fingerprint density at radius 3 is 2.94 bits per heavy atom. The molecule has 1 aromatic rings. The van der Waals surface area contributed by atoms with E-state index in [0.29, 0.717) is 25.2 Å². The van der Waals surface area contributed by atoms with Crippen LogP contribution in [-0.2, 0) is 10.0 Å². The fourth-order valence-corrected chi connectivity index (χ4v) is 3.43. The van der Waals surface area contributed by atoms with E-state index in [1.165, 1.54) is 4.31 Å². The zero-order chi connectivity index (χ0) is 12.3. The Kier molecular flexibility index (Phi) is 3.38. The highest BCUT2D eigenvalue weighted by atomic mass is 32.2. The summed E-state index contributed by atoms with van der Waals surface area (Å²) in [4.78, 5) is 0. The predicted octanol–water partition coefficient (Wildman–Crippen LogP) is 1.82. The highest BCUT2D eigenvalue weighted by Crippen LogP contribution is 2.29. The van der Waals surface area contributed by atoms with Crippen LogP contribution in [0.2, 0.25) is 0 Å². The third-order valence-corrected chi connectivity index (χ3v) is 4.52.